The van der Waals surface area contributed by atoms with E-state index in [0.717, 1.165) is 0 Å². The summed E-state index contributed by atoms with van der Waals surface area (Å²) in [6.07, 6.45) is 0. The maximum absolute atomic E-state index is 13.5. The summed E-state index contributed by atoms with van der Waals surface area (Å²) in [5, 5.41) is 2.92. The largest absolute Gasteiger partial charge is 0.450 e. The number of furan rings is 1. The van der Waals surface area contributed by atoms with Gasteiger partial charge in [-0.25, -0.2) is 13.6 Å². The molecule has 1 heterocycles. The van der Waals surface area contributed by atoms with Crippen LogP contribution in [-0.4, -0.2) is 18.5 Å². The molecule has 0 aliphatic rings. The Morgan fingerprint density at radius 3 is 2.69 bits per heavy atom. The summed E-state index contributed by atoms with van der Waals surface area (Å²) >= 11 is 0. The number of hydrogen-bond donors (Lipinski definition) is 1. The van der Waals surface area contributed by atoms with E-state index in [4.69, 9.17) is 9.15 Å². The van der Waals surface area contributed by atoms with Crippen LogP contribution in [0.4, 0.5) is 8.78 Å². The van der Waals surface area contributed by atoms with Crippen LogP contribution in [0.25, 0.3) is 11.0 Å². The van der Waals surface area contributed by atoms with Crippen molar-refractivity contribution in [1.29, 1.82) is 0 Å². The third-order valence-electron chi connectivity index (χ3n) is 3.85. The van der Waals surface area contributed by atoms with Gasteiger partial charge in [-0.3, -0.25) is 4.79 Å². The van der Waals surface area contributed by atoms with Crippen molar-refractivity contribution in [3.63, 3.8) is 0 Å². The summed E-state index contributed by atoms with van der Waals surface area (Å²) in [4.78, 5) is 23.9. The number of carbonyl (C=O) groups excluding carboxylic acids is 2. The highest BCUT2D eigenvalue weighted by atomic mass is 19.1. The molecule has 134 valence electrons. The molecule has 2 aromatic carbocycles. The van der Waals surface area contributed by atoms with Crippen LogP contribution in [-0.2, 0) is 16.1 Å². The summed E-state index contributed by atoms with van der Waals surface area (Å²) in [6.45, 7) is 1.03. The molecule has 0 aliphatic heterocycles. The Morgan fingerprint density at radius 1 is 1.15 bits per heavy atom. The van der Waals surface area contributed by atoms with Gasteiger partial charge in [0.25, 0.3) is 5.91 Å². The number of nitrogens with one attached hydrogen (secondary N) is 1. The number of ether oxygens (including phenoxy) is 1. The molecule has 0 saturated heterocycles. The van der Waals surface area contributed by atoms with Crippen LogP contribution in [0.5, 0.6) is 0 Å². The van der Waals surface area contributed by atoms with E-state index in [2.05, 4.69) is 5.32 Å². The zero-order chi connectivity index (χ0) is 18.7. The molecular formula is C19H15F2NO4. The fourth-order valence-corrected chi connectivity index (χ4v) is 2.47. The van der Waals surface area contributed by atoms with Crippen LogP contribution in [0, 0.1) is 18.6 Å². The molecule has 0 bridgehead atoms. The zero-order valence-electron chi connectivity index (χ0n) is 13.8. The van der Waals surface area contributed by atoms with Gasteiger partial charge in [0.15, 0.2) is 6.61 Å². The number of hydrogen-bond acceptors (Lipinski definition) is 4. The summed E-state index contributed by atoms with van der Waals surface area (Å²) in [5.74, 6) is -2.39. The number of aryl methyl sites for hydroxylation is 1. The predicted molar refractivity (Wildman–Crippen MR) is 89.4 cm³/mol. The maximum atomic E-state index is 13.5. The SMILES string of the molecule is Cc1c(C(=O)OCC(=O)NCc2ccccc2F)oc2ccc(F)cc12. The Morgan fingerprint density at radius 2 is 1.92 bits per heavy atom. The fraction of sp³-hybridized carbons (Fsp3) is 0.158. The normalized spacial score (nSPS) is 10.7. The first-order valence-corrected chi connectivity index (χ1v) is 7.81. The lowest BCUT2D eigenvalue weighted by molar-refractivity contribution is -0.124. The molecule has 0 spiro atoms. The highest BCUT2D eigenvalue weighted by Crippen LogP contribution is 2.26. The van der Waals surface area contributed by atoms with Crippen LogP contribution < -0.4 is 5.32 Å². The minimum Gasteiger partial charge on any atom is -0.450 e. The third-order valence-corrected chi connectivity index (χ3v) is 3.85. The van der Waals surface area contributed by atoms with Crippen molar-refractivity contribution in [3.8, 4) is 0 Å². The molecule has 7 heteroatoms. The van der Waals surface area contributed by atoms with E-state index in [0.29, 0.717) is 22.1 Å². The van der Waals surface area contributed by atoms with Gasteiger partial charge in [-0.15, -0.1) is 0 Å². The Hall–Kier alpha value is -3.22. The number of benzene rings is 2. The second kappa shape index (κ2) is 7.35. The van der Waals surface area contributed by atoms with E-state index in [1.807, 2.05) is 0 Å². The first-order chi connectivity index (χ1) is 12.5. The monoisotopic (exact) mass is 359 g/mol. The molecular weight excluding hydrogens is 344 g/mol. The second-order valence-corrected chi connectivity index (χ2v) is 5.64. The summed E-state index contributed by atoms with van der Waals surface area (Å²) in [7, 11) is 0. The van der Waals surface area contributed by atoms with Crippen LogP contribution in [0.15, 0.2) is 46.9 Å². The smallest absolute Gasteiger partial charge is 0.375 e. The summed E-state index contributed by atoms with van der Waals surface area (Å²) in [6, 6.07) is 9.91. The average molecular weight is 359 g/mol. The molecule has 0 aliphatic carbocycles. The molecule has 3 rings (SSSR count). The van der Waals surface area contributed by atoms with Crippen molar-refractivity contribution < 1.29 is 27.5 Å². The first kappa shape index (κ1) is 17.6. The summed E-state index contributed by atoms with van der Waals surface area (Å²) < 4.78 is 37.1. The Bertz CT molecular complexity index is 981. The van der Waals surface area contributed by atoms with E-state index >= 15 is 0 Å². The fourth-order valence-electron chi connectivity index (χ4n) is 2.47. The van der Waals surface area contributed by atoms with Gasteiger partial charge in [0, 0.05) is 23.1 Å². The van der Waals surface area contributed by atoms with Crippen molar-refractivity contribution in [2.24, 2.45) is 0 Å². The van der Waals surface area contributed by atoms with Crippen molar-refractivity contribution in [1.82, 2.24) is 5.32 Å². The standard InChI is InChI=1S/C19H15F2NO4/c1-11-14-8-13(20)6-7-16(14)26-18(11)19(24)25-10-17(23)22-9-12-4-2-3-5-15(12)21/h2-8H,9-10H2,1H3,(H,22,23). The number of halogens is 2. The van der Waals surface area contributed by atoms with E-state index in [1.54, 1.807) is 25.1 Å². The van der Waals surface area contributed by atoms with Crippen LogP contribution >= 0.6 is 0 Å². The lowest BCUT2D eigenvalue weighted by atomic mass is 10.1. The van der Waals surface area contributed by atoms with Crippen molar-refractivity contribution in [2.75, 3.05) is 6.61 Å². The molecule has 0 saturated carbocycles. The number of esters is 1. The van der Waals surface area contributed by atoms with Crippen LogP contribution in [0.1, 0.15) is 21.7 Å². The van der Waals surface area contributed by atoms with Crippen molar-refractivity contribution in [2.45, 2.75) is 13.5 Å². The highest BCUT2D eigenvalue weighted by molar-refractivity contribution is 5.96. The van der Waals surface area contributed by atoms with Gasteiger partial charge in [0.2, 0.25) is 5.76 Å². The molecule has 5 nitrogen and oxygen atoms in total. The molecule has 1 amide bonds. The number of rotatable bonds is 5. The third kappa shape index (κ3) is 3.72. The van der Waals surface area contributed by atoms with Crippen molar-refractivity contribution >= 4 is 22.8 Å². The molecule has 0 fully saturated rings. The molecule has 0 atom stereocenters. The molecule has 26 heavy (non-hydrogen) atoms. The van der Waals surface area contributed by atoms with E-state index in [-0.39, 0.29) is 12.3 Å². The number of fused-ring (bicyclic) bond motifs is 1. The molecule has 3 aromatic rings. The van der Waals surface area contributed by atoms with Gasteiger partial charge in [-0.05, 0) is 31.2 Å². The van der Waals surface area contributed by atoms with Gasteiger partial charge in [0.05, 0.1) is 0 Å². The van der Waals surface area contributed by atoms with Crippen molar-refractivity contribution in [3.05, 3.63) is 71.0 Å². The van der Waals surface area contributed by atoms with Gasteiger partial charge in [-0.1, -0.05) is 18.2 Å². The van der Waals surface area contributed by atoms with Crippen LogP contribution in [0.2, 0.25) is 0 Å². The number of amides is 1. The van der Waals surface area contributed by atoms with Gasteiger partial charge >= 0.3 is 5.97 Å². The highest BCUT2D eigenvalue weighted by Gasteiger charge is 2.20. The lowest BCUT2D eigenvalue weighted by Crippen LogP contribution is -2.28. The molecule has 0 radical (unpaired) electrons. The lowest BCUT2D eigenvalue weighted by Gasteiger charge is -2.07. The minimum atomic E-state index is -0.833. The van der Waals surface area contributed by atoms with Gasteiger partial charge in [-0.2, -0.15) is 0 Å². The average Bonchev–Trinajstić information content (AvgIpc) is 2.95. The number of carbonyl (C=O) groups is 2. The quantitative estimate of drug-likeness (QED) is 0.708. The topological polar surface area (TPSA) is 68.5 Å². The molecule has 1 N–H and O–H groups in total. The predicted octanol–water partition coefficient (Wildman–Crippen LogP) is 3.49. The second-order valence-electron chi connectivity index (χ2n) is 5.64. The van der Waals surface area contributed by atoms with Crippen LogP contribution in [0.3, 0.4) is 0 Å². The zero-order valence-corrected chi connectivity index (χ0v) is 13.8. The minimum absolute atomic E-state index is 0.0218. The van der Waals surface area contributed by atoms with E-state index in [1.165, 1.54) is 24.3 Å². The Balaban J connectivity index is 1.59. The molecule has 0 unspecified atom stereocenters. The Kier molecular flexibility index (Phi) is 4.97. The molecule has 1 aromatic heterocycles. The van der Waals surface area contributed by atoms with E-state index < -0.39 is 30.1 Å². The van der Waals surface area contributed by atoms with Gasteiger partial charge < -0.3 is 14.5 Å². The summed E-state index contributed by atoms with van der Waals surface area (Å²) in [5.41, 5.74) is 1.10. The van der Waals surface area contributed by atoms with E-state index in [9.17, 15) is 18.4 Å². The first-order valence-electron chi connectivity index (χ1n) is 7.81. The maximum Gasteiger partial charge on any atom is 0.375 e. The van der Waals surface area contributed by atoms with Gasteiger partial charge in [0.1, 0.15) is 17.2 Å². The Labute approximate surface area is 147 Å².